The van der Waals surface area contributed by atoms with Gasteiger partial charge in [0.05, 0.1) is 18.1 Å². The summed E-state index contributed by atoms with van der Waals surface area (Å²) in [4.78, 5) is 25.8. The van der Waals surface area contributed by atoms with Crippen LogP contribution in [0.5, 0.6) is 0 Å². The second kappa shape index (κ2) is 7.03. The van der Waals surface area contributed by atoms with Crippen molar-refractivity contribution < 1.29 is 4.79 Å². The third-order valence-corrected chi connectivity index (χ3v) is 5.50. The molecule has 2 aromatic rings. The Kier molecular flexibility index (Phi) is 4.59. The Hall–Kier alpha value is -2.47. The summed E-state index contributed by atoms with van der Waals surface area (Å²) in [5.74, 6) is 1.46. The van der Waals surface area contributed by atoms with Crippen LogP contribution in [0, 0.1) is 5.92 Å². The van der Waals surface area contributed by atoms with E-state index in [1.54, 1.807) is 12.4 Å². The number of fused-ring (bicyclic) bond motifs is 3. The first kappa shape index (κ1) is 17.0. The molecule has 1 amide bonds. The summed E-state index contributed by atoms with van der Waals surface area (Å²) in [6.07, 6.45) is 5.88. The fourth-order valence-electron chi connectivity index (χ4n) is 3.88. The molecule has 0 saturated carbocycles. The van der Waals surface area contributed by atoms with Crippen LogP contribution in [0.15, 0.2) is 36.7 Å². The molecule has 5 rings (SSSR count). The minimum absolute atomic E-state index is 0.0171. The fourth-order valence-corrected chi connectivity index (χ4v) is 3.88. The van der Waals surface area contributed by atoms with Gasteiger partial charge in [0.25, 0.3) is 5.91 Å². The number of carbonyl (C=O) groups excluding carboxylic acids is 1. The number of amides is 1. The monoisotopic (exact) mass is 351 g/mol. The van der Waals surface area contributed by atoms with Gasteiger partial charge in [0.1, 0.15) is 5.82 Å². The molecule has 4 heterocycles. The number of rotatable bonds is 4. The molecule has 1 N–H and O–H groups in total. The van der Waals surface area contributed by atoms with Crippen LogP contribution in [0.25, 0.3) is 11.3 Å². The molecule has 0 aliphatic carbocycles. The number of piperidine rings is 3. The largest absolute Gasteiger partial charge is 0.361 e. The SMILES string of the molecule is CN(C)c1cncc(-c2ccc(C(=O)N[C@H]3CN4CCC3CC4)cc2)n1. The van der Waals surface area contributed by atoms with E-state index >= 15 is 0 Å². The molecule has 6 heteroatoms. The molecule has 0 unspecified atom stereocenters. The minimum atomic E-state index is 0.0171. The van der Waals surface area contributed by atoms with Crippen molar-refractivity contribution in [3.63, 3.8) is 0 Å². The molecule has 3 fully saturated rings. The van der Waals surface area contributed by atoms with E-state index in [-0.39, 0.29) is 11.9 Å². The topological polar surface area (TPSA) is 61.4 Å². The van der Waals surface area contributed by atoms with E-state index in [1.165, 1.54) is 25.9 Å². The number of aromatic nitrogens is 2. The molecular weight excluding hydrogens is 326 g/mol. The van der Waals surface area contributed by atoms with E-state index in [9.17, 15) is 4.79 Å². The average molecular weight is 351 g/mol. The highest BCUT2D eigenvalue weighted by molar-refractivity contribution is 5.94. The molecule has 0 spiro atoms. The van der Waals surface area contributed by atoms with Crippen molar-refractivity contribution in [3.8, 4) is 11.3 Å². The van der Waals surface area contributed by atoms with Crippen LogP contribution in [0.1, 0.15) is 23.2 Å². The quantitative estimate of drug-likeness (QED) is 0.913. The van der Waals surface area contributed by atoms with Gasteiger partial charge in [-0.05, 0) is 44.0 Å². The van der Waals surface area contributed by atoms with Gasteiger partial charge >= 0.3 is 0 Å². The van der Waals surface area contributed by atoms with Gasteiger partial charge in [-0.1, -0.05) is 12.1 Å². The first-order valence-electron chi connectivity index (χ1n) is 9.23. The van der Waals surface area contributed by atoms with E-state index in [2.05, 4.69) is 20.2 Å². The lowest BCUT2D eigenvalue weighted by molar-refractivity contribution is 0.0620. The molecule has 0 radical (unpaired) electrons. The Morgan fingerprint density at radius 1 is 1.15 bits per heavy atom. The zero-order valence-electron chi connectivity index (χ0n) is 15.4. The van der Waals surface area contributed by atoms with Crippen LogP contribution in [-0.4, -0.2) is 60.5 Å². The predicted molar refractivity (Wildman–Crippen MR) is 102 cm³/mol. The van der Waals surface area contributed by atoms with Crippen LogP contribution in [0.3, 0.4) is 0 Å². The summed E-state index contributed by atoms with van der Waals surface area (Å²) < 4.78 is 0. The molecule has 136 valence electrons. The number of benzene rings is 1. The van der Waals surface area contributed by atoms with Crippen molar-refractivity contribution in [2.45, 2.75) is 18.9 Å². The molecule has 3 aliphatic heterocycles. The summed E-state index contributed by atoms with van der Waals surface area (Å²) in [7, 11) is 3.88. The Bertz CT molecular complexity index is 781. The summed E-state index contributed by atoms with van der Waals surface area (Å²) in [5.41, 5.74) is 2.46. The molecule has 3 aliphatic rings. The lowest BCUT2D eigenvalue weighted by Gasteiger charge is -2.44. The van der Waals surface area contributed by atoms with Crippen molar-refractivity contribution >= 4 is 11.7 Å². The maximum absolute atomic E-state index is 12.6. The second-order valence-corrected chi connectivity index (χ2v) is 7.45. The number of anilines is 1. The lowest BCUT2D eigenvalue weighted by atomic mass is 9.84. The maximum Gasteiger partial charge on any atom is 0.251 e. The molecule has 6 nitrogen and oxygen atoms in total. The van der Waals surface area contributed by atoms with Gasteiger partial charge in [-0.15, -0.1) is 0 Å². The molecule has 1 aromatic carbocycles. The number of carbonyl (C=O) groups is 1. The summed E-state index contributed by atoms with van der Waals surface area (Å²) >= 11 is 0. The lowest BCUT2D eigenvalue weighted by Crippen LogP contribution is -2.57. The molecule has 3 saturated heterocycles. The van der Waals surface area contributed by atoms with Crippen LogP contribution >= 0.6 is 0 Å². The Labute approximate surface area is 154 Å². The van der Waals surface area contributed by atoms with Gasteiger partial charge in [0.2, 0.25) is 0 Å². The Morgan fingerprint density at radius 3 is 2.50 bits per heavy atom. The zero-order valence-corrected chi connectivity index (χ0v) is 15.4. The fraction of sp³-hybridized carbons (Fsp3) is 0.450. The first-order valence-corrected chi connectivity index (χ1v) is 9.23. The Morgan fingerprint density at radius 2 is 1.88 bits per heavy atom. The standard InChI is InChI=1S/C20H25N5O/c1-24(2)19-12-21-11-17(22-19)14-3-5-16(6-4-14)20(26)23-18-13-25-9-7-15(18)8-10-25/h3-6,11-12,15,18H,7-10,13H2,1-2H3,(H,23,26)/t18-/m0/s1. The molecule has 1 aromatic heterocycles. The van der Waals surface area contributed by atoms with E-state index in [4.69, 9.17) is 0 Å². The van der Waals surface area contributed by atoms with Crippen LogP contribution < -0.4 is 10.2 Å². The van der Waals surface area contributed by atoms with E-state index in [0.717, 1.165) is 23.6 Å². The van der Waals surface area contributed by atoms with Crippen molar-refractivity contribution in [3.05, 3.63) is 42.2 Å². The average Bonchev–Trinajstić information content (AvgIpc) is 2.69. The number of nitrogens with zero attached hydrogens (tertiary/aromatic N) is 4. The van der Waals surface area contributed by atoms with Gasteiger partial charge in [-0.2, -0.15) is 0 Å². The number of hydrogen-bond donors (Lipinski definition) is 1. The van der Waals surface area contributed by atoms with E-state index in [0.29, 0.717) is 11.5 Å². The van der Waals surface area contributed by atoms with E-state index in [1.807, 2.05) is 43.3 Å². The van der Waals surface area contributed by atoms with Gasteiger partial charge in [-0.3, -0.25) is 9.78 Å². The van der Waals surface area contributed by atoms with Crippen LogP contribution in [-0.2, 0) is 0 Å². The molecular formula is C20H25N5O. The van der Waals surface area contributed by atoms with Gasteiger partial charge in [0, 0.05) is 37.8 Å². The molecule has 2 bridgehead atoms. The maximum atomic E-state index is 12.6. The van der Waals surface area contributed by atoms with Crippen LogP contribution in [0.2, 0.25) is 0 Å². The van der Waals surface area contributed by atoms with Crippen molar-refractivity contribution in [1.29, 1.82) is 0 Å². The highest BCUT2D eigenvalue weighted by atomic mass is 16.1. The molecule has 1 atom stereocenters. The highest BCUT2D eigenvalue weighted by Gasteiger charge is 2.34. The third kappa shape index (κ3) is 3.42. The van der Waals surface area contributed by atoms with Crippen LogP contribution in [0.4, 0.5) is 5.82 Å². The first-order chi connectivity index (χ1) is 12.6. The predicted octanol–water partition coefficient (Wildman–Crippen LogP) is 2.03. The summed E-state index contributed by atoms with van der Waals surface area (Å²) in [5, 5.41) is 3.23. The van der Waals surface area contributed by atoms with Gasteiger partial charge in [-0.25, -0.2) is 4.98 Å². The van der Waals surface area contributed by atoms with Gasteiger partial charge in [0.15, 0.2) is 0 Å². The normalized spacial score (nSPS) is 24.3. The van der Waals surface area contributed by atoms with E-state index < -0.39 is 0 Å². The van der Waals surface area contributed by atoms with Crippen molar-refractivity contribution in [1.82, 2.24) is 20.2 Å². The smallest absolute Gasteiger partial charge is 0.251 e. The van der Waals surface area contributed by atoms with Crippen molar-refractivity contribution in [2.24, 2.45) is 5.92 Å². The Balaban J connectivity index is 1.45. The highest BCUT2D eigenvalue weighted by Crippen LogP contribution is 2.27. The van der Waals surface area contributed by atoms with Gasteiger partial charge < -0.3 is 15.1 Å². The number of hydrogen-bond acceptors (Lipinski definition) is 5. The third-order valence-electron chi connectivity index (χ3n) is 5.50. The molecule has 26 heavy (non-hydrogen) atoms. The van der Waals surface area contributed by atoms with Crippen molar-refractivity contribution in [2.75, 3.05) is 38.6 Å². The summed E-state index contributed by atoms with van der Waals surface area (Å²) in [6.45, 7) is 3.35. The number of nitrogens with one attached hydrogen (secondary N) is 1. The zero-order chi connectivity index (χ0) is 18.1. The summed E-state index contributed by atoms with van der Waals surface area (Å²) in [6, 6.07) is 7.91. The minimum Gasteiger partial charge on any atom is -0.361 e. The second-order valence-electron chi connectivity index (χ2n) is 7.45.